The van der Waals surface area contributed by atoms with Gasteiger partial charge in [0.25, 0.3) is 5.91 Å². The van der Waals surface area contributed by atoms with Gasteiger partial charge in [0, 0.05) is 37.8 Å². The molecule has 1 saturated carbocycles. The molecule has 14 heteroatoms. The fourth-order valence-electron chi connectivity index (χ4n) is 6.72. The summed E-state index contributed by atoms with van der Waals surface area (Å²) in [7, 11) is 6.71. The predicted molar refractivity (Wildman–Crippen MR) is 162 cm³/mol. The lowest BCUT2D eigenvalue weighted by molar-refractivity contribution is -0.153. The van der Waals surface area contributed by atoms with Crippen LogP contribution in [0.2, 0.25) is 0 Å². The number of nitrogens with two attached hydrogens (primary N) is 2. The summed E-state index contributed by atoms with van der Waals surface area (Å²) in [5, 5.41) is 58.0. The number of phenols is 1. The van der Waals surface area contributed by atoms with Gasteiger partial charge in [-0.25, -0.2) is 0 Å². The summed E-state index contributed by atoms with van der Waals surface area (Å²) in [6.07, 6.45) is 0.198. The number of Topliss-reactive ketones (excluding diaryl/α,β-unsaturated/α-hetero) is 2. The number of carbonyl (C=O) groups is 3. The van der Waals surface area contributed by atoms with E-state index in [2.05, 4.69) is 17.3 Å². The number of nitrogens with zero attached hydrogens (tertiary/aromatic N) is 3. The monoisotopic (exact) mass is 622 g/mol. The van der Waals surface area contributed by atoms with E-state index in [-0.39, 0.29) is 42.0 Å². The van der Waals surface area contributed by atoms with Crippen molar-refractivity contribution in [2.45, 2.75) is 31.0 Å². The van der Waals surface area contributed by atoms with E-state index in [0.717, 1.165) is 5.56 Å². The number of hydrogen-bond donors (Lipinski definition) is 7. The van der Waals surface area contributed by atoms with Crippen LogP contribution in [-0.4, -0.2) is 82.6 Å². The highest BCUT2D eigenvalue weighted by Crippen LogP contribution is 2.54. The second-order valence-electron chi connectivity index (χ2n) is 11.7. The summed E-state index contributed by atoms with van der Waals surface area (Å²) in [6, 6.07) is 9.53. The van der Waals surface area contributed by atoms with Gasteiger partial charge in [-0.05, 0) is 62.2 Å². The Morgan fingerprint density at radius 3 is 2.29 bits per heavy atom. The Bertz CT molecular complexity index is 1680. The van der Waals surface area contributed by atoms with E-state index in [0.29, 0.717) is 16.8 Å². The molecule has 0 aromatic heterocycles. The number of phenolic OH excluding ortho intramolecular Hbond substituents is 1. The Morgan fingerprint density at radius 2 is 1.76 bits per heavy atom. The van der Waals surface area contributed by atoms with Crippen molar-refractivity contribution in [1.29, 1.82) is 5.26 Å². The lowest BCUT2D eigenvalue weighted by Crippen LogP contribution is -2.65. The molecule has 4 atom stereocenters. The highest BCUT2D eigenvalue weighted by molar-refractivity contribution is 6.24. The first-order valence-electron chi connectivity index (χ1n) is 13.9. The van der Waals surface area contributed by atoms with Gasteiger partial charge in [-0.3, -0.25) is 19.3 Å². The Labute approximate surface area is 258 Å². The van der Waals surface area contributed by atoms with Gasteiger partial charge in [-0.15, -0.1) is 4.48 Å². The minimum Gasteiger partial charge on any atom is -0.508 e. The van der Waals surface area contributed by atoms with Crippen molar-refractivity contribution in [2.24, 2.45) is 23.5 Å². The number of carbonyl (C=O) groups excluding carboxylic acids is 3. The minimum absolute atomic E-state index is 0.00446. The van der Waals surface area contributed by atoms with E-state index in [9.17, 15) is 34.8 Å². The zero-order chi connectivity index (χ0) is 33.5. The van der Waals surface area contributed by atoms with Crippen LogP contribution in [0.25, 0.3) is 5.76 Å². The molecule has 3 aliphatic carbocycles. The third-order valence-corrected chi connectivity index (χ3v) is 8.75. The Kier molecular flexibility index (Phi) is 8.93. The SMILES string of the molecule is CN(C)c1cc(NCc2ccc(C#N)cc2)c(O)c2c1C[C@H]1C[C@H]3[C@H](N(C)C)C(=O)C(C(N)=O)=C(O)[C@@]3(O)C(=O)C1=C2O.NF. The largest absolute Gasteiger partial charge is 0.508 e. The number of nitrogens with one attached hydrogen (secondary N) is 1. The number of hydrogen-bond acceptors (Lipinski definition) is 12. The minimum atomic E-state index is -2.70. The third kappa shape index (κ3) is 5.14. The molecule has 45 heavy (non-hydrogen) atoms. The van der Waals surface area contributed by atoms with Crippen LogP contribution in [0.15, 0.2) is 47.2 Å². The molecule has 0 spiro atoms. The summed E-state index contributed by atoms with van der Waals surface area (Å²) >= 11 is 0. The maximum Gasteiger partial charge on any atom is 0.255 e. The fraction of sp³-hybridized carbons (Fsp3) is 0.355. The van der Waals surface area contributed by atoms with Crippen molar-refractivity contribution in [3.63, 3.8) is 0 Å². The summed E-state index contributed by atoms with van der Waals surface area (Å²) in [5.41, 5.74) is 4.46. The molecule has 0 unspecified atom stereocenters. The smallest absolute Gasteiger partial charge is 0.255 e. The predicted octanol–water partition coefficient (Wildman–Crippen LogP) is 1.34. The number of aromatic hydroxyl groups is 1. The highest BCUT2D eigenvalue weighted by atomic mass is 19.2. The van der Waals surface area contributed by atoms with Crippen molar-refractivity contribution in [1.82, 2.24) is 4.90 Å². The van der Waals surface area contributed by atoms with E-state index in [1.807, 2.05) is 4.90 Å². The second-order valence-corrected chi connectivity index (χ2v) is 11.7. The quantitative estimate of drug-likeness (QED) is 0.138. The Morgan fingerprint density at radius 1 is 1.13 bits per heavy atom. The van der Waals surface area contributed by atoms with Crippen LogP contribution in [0, 0.1) is 23.2 Å². The lowest BCUT2D eigenvalue weighted by Gasteiger charge is -2.50. The molecule has 238 valence electrons. The van der Waals surface area contributed by atoms with Crippen LogP contribution in [0.5, 0.6) is 5.75 Å². The van der Waals surface area contributed by atoms with Gasteiger partial charge < -0.3 is 36.4 Å². The number of fused-ring (bicyclic) bond motifs is 3. The molecule has 2 aromatic carbocycles. The van der Waals surface area contributed by atoms with Crippen LogP contribution in [-0.2, 0) is 27.3 Å². The number of aliphatic hydroxyl groups excluding tert-OH is 2. The number of rotatable bonds is 6. The standard InChI is InChI=1S/C31H33N5O7.FH2N/c1-35(2)20-11-19(34-13-15-7-5-14(12-32)6-8-15)25(37)22-17(20)9-16-10-18-24(36(3)4)27(39)23(30(33)42)29(41)31(18,43)28(40)21(16)26(22)38;1-2/h5-8,11,16,18,24,34,37-38,41,43H,9-10,13H2,1-4H3,(H2,33,42);2H2/t16-,18-,24-,31-;/m0./s1. The highest BCUT2D eigenvalue weighted by Gasteiger charge is 2.64. The summed E-state index contributed by atoms with van der Waals surface area (Å²) in [4.78, 5) is 42.8. The van der Waals surface area contributed by atoms with Crippen molar-refractivity contribution in [3.05, 3.63) is 69.5 Å². The number of primary amides is 1. The summed E-state index contributed by atoms with van der Waals surface area (Å²) in [6.45, 7) is 0.278. The topological polar surface area (TPSA) is 226 Å². The zero-order valence-corrected chi connectivity index (χ0v) is 25.1. The van der Waals surface area contributed by atoms with Crippen molar-refractivity contribution >= 4 is 34.6 Å². The number of nitriles is 1. The maximum absolute atomic E-state index is 14.1. The number of anilines is 2. The molecule has 0 radical (unpaired) electrons. The molecule has 1 amide bonds. The van der Waals surface area contributed by atoms with E-state index < -0.39 is 58.0 Å². The van der Waals surface area contributed by atoms with E-state index in [4.69, 9.17) is 15.5 Å². The van der Waals surface area contributed by atoms with Crippen molar-refractivity contribution < 1.29 is 39.3 Å². The van der Waals surface area contributed by atoms with Gasteiger partial charge in [-0.2, -0.15) is 11.2 Å². The first kappa shape index (κ1) is 32.9. The Balaban J connectivity index is 0.00000226. The van der Waals surface area contributed by atoms with Gasteiger partial charge in [0.2, 0.25) is 5.78 Å². The number of amides is 1. The van der Waals surface area contributed by atoms with E-state index in [1.54, 1.807) is 58.5 Å². The van der Waals surface area contributed by atoms with Crippen LogP contribution < -0.4 is 21.9 Å². The summed E-state index contributed by atoms with van der Waals surface area (Å²) in [5.74, 6) is -3.95. The van der Waals surface area contributed by atoms with Crippen molar-refractivity contribution in [2.75, 3.05) is 38.4 Å². The fourth-order valence-corrected chi connectivity index (χ4v) is 6.72. The molecular formula is C31H35FN6O7. The second kappa shape index (κ2) is 12.2. The molecule has 13 nitrogen and oxygen atoms in total. The van der Waals surface area contributed by atoms with E-state index in [1.165, 1.54) is 4.90 Å². The molecule has 5 rings (SSSR count). The third-order valence-electron chi connectivity index (χ3n) is 8.75. The lowest BCUT2D eigenvalue weighted by atomic mass is 9.57. The molecule has 0 saturated heterocycles. The van der Waals surface area contributed by atoms with Crippen LogP contribution in [0.3, 0.4) is 0 Å². The molecule has 2 aromatic rings. The molecular weight excluding hydrogens is 587 g/mol. The number of likely N-dealkylation sites (N-methyl/N-ethyl adjacent to an activating group) is 1. The number of halogens is 1. The summed E-state index contributed by atoms with van der Waals surface area (Å²) < 4.78 is 9.00. The molecule has 1 fully saturated rings. The van der Waals surface area contributed by atoms with Crippen LogP contribution in [0.1, 0.15) is 28.7 Å². The van der Waals surface area contributed by atoms with Crippen LogP contribution >= 0.6 is 0 Å². The van der Waals surface area contributed by atoms with Gasteiger partial charge in [0.05, 0.1) is 28.9 Å². The average molecular weight is 623 g/mol. The number of aliphatic hydroxyl groups is 3. The number of ketones is 2. The first-order chi connectivity index (χ1) is 21.2. The van der Waals surface area contributed by atoms with Gasteiger partial charge in [-0.1, -0.05) is 12.1 Å². The zero-order valence-electron chi connectivity index (χ0n) is 25.1. The molecule has 0 heterocycles. The number of benzene rings is 2. The molecule has 9 N–H and O–H groups in total. The van der Waals surface area contributed by atoms with Crippen LogP contribution in [0.4, 0.5) is 15.9 Å². The molecule has 0 aliphatic heterocycles. The van der Waals surface area contributed by atoms with Crippen molar-refractivity contribution in [3.8, 4) is 11.8 Å². The maximum atomic E-state index is 14.1. The van der Waals surface area contributed by atoms with Gasteiger partial charge >= 0.3 is 0 Å². The molecule has 0 bridgehead atoms. The first-order valence-corrected chi connectivity index (χ1v) is 13.9. The normalized spacial score (nSPS) is 23.8. The van der Waals surface area contributed by atoms with E-state index >= 15 is 0 Å². The Hall–Kier alpha value is -4.97. The van der Waals surface area contributed by atoms with Gasteiger partial charge in [0.1, 0.15) is 22.8 Å². The average Bonchev–Trinajstić information content (AvgIpc) is 2.99. The van der Waals surface area contributed by atoms with Gasteiger partial charge in [0.15, 0.2) is 11.4 Å². The molecule has 3 aliphatic rings.